The highest BCUT2D eigenvalue weighted by molar-refractivity contribution is 5.52. The van der Waals surface area contributed by atoms with Crippen LogP contribution < -0.4 is 4.90 Å². The highest BCUT2D eigenvalue weighted by Gasteiger charge is 2.19. The van der Waals surface area contributed by atoms with Crippen LogP contribution in [0.2, 0.25) is 0 Å². The van der Waals surface area contributed by atoms with Crippen LogP contribution in [0.15, 0.2) is 18.2 Å². The van der Waals surface area contributed by atoms with Gasteiger partial charge in [-0.1, -0.05) is 18.9 Å². The van der Waals surface area contributed by atoms with Crippen molar-refractivity contribution >= 4 is 5.69 Å². The second-order valence-electron chi connectivity index (χ2n) is 6.00. The summed E-state index contributed by atoms with van der Waals surface area (Å²) in [6.07, 6.45) is 9.74. The van der Waals surface area contributed by atoms with Crippen LogP contribution in [0.1, 0.15) is 50.2 Å². The second-order valence-corrected chi connectivity index (χ2v) is 6.00. The molecule has 3 rings (SSSR count). The number of benzene rings is 1. The summed E-state index contributed by atoms with van der Waals surface area (Å²) in [4.78, 5) is 2.59. The van der Waals surface area contributed by atoms with Gasteiger partial charge in [0.25, 0.3) is 0 Å². The topological polar surface area (TPSA) is 3.24 Å². The van der Waals surface area contributed by atoms with E-state index >= 15 is 0 Å². The van der Waals surface area contributed by atoms with Crippen LogP contribution in [-0.2, 0) is 12.8 Å². The van der Waals surface area contributed by atoms with Crippen molar-refractivity contribution in [2.45, 2.75) is 51.9 Å². The Morgan fingerprint density at radius 3 is 2.61 bits per heavy atom. The highest BCUT2D eigenvalue weighted by Crippen LogP contribution is 2.30. The normalized spacial score (nSPS) is 19.2. The summed E-state index contributed by atoms with van der Waals surface area (Å²) in [6, 6.07) is 7.18. The minimum Gasteiger partial charge on any atom is -0.372 e. The van der Waals surface area contributed by atoms with E-state index in [1.165, 1.54) is 57.2 Å². The maximum absolute atomic E-state index is 2.59. The first kappa shape index (κ1) is 12.1. The van der Waals surface area contributed by atoms with E-state index in [1.54, 1.807) is 11.1 Å². The van der Waals surface area contributed by atoms with E-state index in [0.29, 0.717) is 0 Å². The smallest absolute Gasteiger partial charge is 0.0369 e. The standard InChI is InChI=1S/C17H25N/c1-2-18(13-14-6-3-4-7-14)17-11-10-15-8-5-9-16(15)12-17/h10-12,14H,2-9,13H2,1H3. The first-order valence-electron chi connectivity index (χ1n) is 7.73. The van der Waals surface area contributed by atoms with Crippen molar-refractivity contribution < 1.29 is 0 Å². The molecule has 0 amide bonds. The molecular formula is C17H25N. The Labute approximate surface area is 111 Å². The monoisotopic (exact) mass is 243 g/mol. The van der Waals surface area contributed by atoms with Gasteiger partial charge in [0, 0.05) is 18.8 Å². The summed E-state index contributed by atoms with van der Waals surface area (Å²) in [5.74, 6) is 0.943. The number of anilines is 1. The Hall–Kier alpha value is -0.980. The molecule has 1 aromatic carbocycles. The van der Waals surface area contributed by atoms with Crippen molar-refractivity contribution in [1.82, 2.24) is 0 Å². The highest BCUT2D eigenvalue weighted by atomic mass is 15.1. The fourth-order valence-electron chi connectivity index (χ4n) is 3.68. The van der Waals surface area contributed by atoms with Gasteiger partial charge in [-0.15, -0.1) is 0 Å². The number of hydrogen-bond acceptors (Lipinski definition) is 1. The van der Waals surface area contributed by atoms with E-state index in [9.17, 15) is 0 Å². The molecule has 0 heterocycles. The summed E-state index contributed by atoms with van der Waals surface area (Å²) in [6.45, 7) is 4.72. The van der Waals surface area contributed by atoms with Crippen LogP contribution >= 0.6 is 0 Å². The van der Waals surface area contributed by atoms with Crippen molar-refractivity contribution in [2.75, 3.05) is 18.0 Å². The van der Waals surface area contributed by atoms with Gasteiger partial charge < -0.3 is 4.90 Å². The third-order valence-corrected chi connectivity index (χ3v) is 4.78. The molecule has 1 fully saturated rings. The van der Waals surface area contributed by atoms with E-state index in [2.05, 4.69) is 30.0 Å². The number of rotatable bonds is 4. The van der Waals surface area contributed by atoms with Crippen LogP contribution in [0.3, 0.4) is 0 Å². The maximum atomic E-state index is 2.59. The van der Waals surface area contributed by atoms with E-state index < -0.39 is 0 Å². The van der Waals surface area contributed by atoms with Crippen molar-refractivity contribution in [2.24, 2.45) is 5.92 Å². The number of nitrogens with zero attached hydrogens (tertiary/aromatic N) is 1. The molecule has 0 atom stereocenters. The average Bonchev–Trinajstić information content (AvgIpc) is 3.06. The molecule has 0 aliphatic heterocycles. The second kappa shape index (κ2) is 5.34. The lowest BCUT2D eigenvalue weighted by Gasteiger charge is -2.27. The molecule has 0 unspecified atom stereocenters. The Morgan fingerprint density at radius 1 is 1.06 bits per heavy atom. The Morgan fingerprint density at radius 2 is 1.83 bits per heavy atom. The number of hydrogen-bond donors (Lipinski definition) is 0. The van der Waals surface area contributed by atoms with Gasteiger partial charge in [0.15, 0.2) is 0 Å². The fourth-order valence-corrected chi connectivity index (χ4v) is 3.68. The predicted octanol–water partition coefficient (Wildman–Crippen LogP) is 4.19. The molecule has 98 valence electrons. The molecule has 0 N–H and O–H groups in total. The Kier molecular flexibility index (Phi) is 3.58. The summed E-state index contributed by atoms with van der Waals surface area (Å²) in [5.41, 5.74) is 4.66. The molecule has 0 bridgehead atoms. The zero-order chi connectivity index (χ0) is 12.4. The zero-order valence-corrected chi connectivity index (χ0v) is 11.6. The molecule has 0 spiro atoms. The Balaban J connectivity index is 1.74. The third kappa shape index (κ3) is 2.41. The summed E-state index contributed by atoms with van der Waals surface area (Å²) in [5, 5.41) is 0. The lowest BCUT2D eigenvalue weighted by molar-refractivity contribution is 0.536. The summed E-state index contributed by atoms with van der Waals surface area (Å²) < 4.78 is 0. The average molecular weight is 243 g/mol. The van der Waals surface area contributed by atoms with Gasteiger partial charge in [-0.05, 0) is 68.2 Å². The molecule has 2 aliphatic rings. The first-order chi connectivity index (χ1) is 8.86. The van der Waals surface area contributed by atoms with E-state index in [4.69, 9.17) is 0 Å². The van der Waals surface area contributed by atoms with Crippen molar-refractivity contribution in [1.29, 1.82) is 0 Å². The number of fused-ring (bicyclic) bond motifs is 1. The van der Waals surface area contributed by atoms with Crippen LogP contribution in [0.4, 0.5) is 5.69 Å². The van der Waals surface area contributed by atoms with Crippen LogP contribution in [0.25, 0.3) is 0 Å². The van der Waals surface area contributed by atoms with Crippen LogP contribution in [0, 0.1) is 5.92 Å². The Bertz CT molecular complexity index is 404. The van der Waals surface area contributed by atoms with Crippen LogP contribution in [0.5, 0.6) is 0 Å². The van der Waals surface area contributed by atoms with Gasteiger partial charge in [-0.3, -0.25) is 0 Å². The molecule has 2 aliphatic carbocycles. The van der Waals surface area contributed by atoms with Gasteiger partial charge >= 0.3 is 0 Å². The lowest BCUT2D eigenvalue weighted by Crippen LogP contribution is -2.28. The van der Waals surface area contributed by atoms with Crippen molar-refractivity contribution in [3.8, 4) is 0 Å². The largest absolute Gasteiger partial charge is 0.372 e. The molecule has 1 heteroatoms. The van der Waals surface area contributed by atoms with Gasteiger partial charge in [-0.2, -0.15) is 0 Å². The predicted molar refractivity (Wildman–Crippen MR) is 78.3 cm³/mol. The molecule has 1 aromatic rings. The van der Waals surface area contributed by atoms with E-state index in [-0.39, 0.29) is 0 Å². The first-order valence-corrected chi connectivity index (χ1v) is 7.73. The van der Waals surface area contributed by atoms with Crippen molar-refractivity contribution in [3.63, 3.8) is 0 Å². The third-order valence-electron chi connectivity index (χ3n) is 4.78. The molecule has 18 heavy (non-hydrogen) atoms. The van der Waals surface area contributed by atoms with Gasteiger partial charge in [0.2, 0.25) is 0 Å². The zero-order valence-electron chi connectivity index (χ0n) is 11.6. The molecule has 1 saturated carbocycles. The number of aryl methyl sites for hydroxylation is 2. The van der Waals surface area contributed by atoms with Gasteiger partial charge in [-0.25, -0.2) is 0 Å². The van der Waals surface area contributed by atoms with Gasteiger partial charge in [0.05, 0.1) is 0 Å². The van der Waals surface area contributed by atoms with Gasteiger partial charge in [0.1, 0.15) is 0 Å². The summed E-state index contributed by atoms with van der Waals surface area (Å²) >= 11 is 0. The molecular weight excluding hydrogens is 218 g/mol. The minimum absolute atomic E-state index is 0.943. The lowest BCUT2D eigenvalue weighted by atomic mass is 10.1. The SMILES string of the molecule is CCN(CC1CCCC1)c1ccc2c(c1)CCC2. The molecule has 0 aromatic heterocycles. The fraction of sp³-hybridized carbons (Fsp3) is 0.647. The minimum atomic E-state index is 0.943. The van der Waals surface area contributed by atoms with E-state index in [1.807, 2.05) is 0 Å². The maximum Gasteiger partial charge on any atom is 0.0369 e. The van der Waals surface area contributed by atoms with E-state index in [0.717, 1.165) is 12.5 Å². The molecule has 1 nitrogen and oxygen atoms in total. The van der Waals surface area contributed by atoms with Crippen molar-refractivity contribution in [3.05, 3.63) is 29.3 Å². The molecule has 0 saturated heterocycles. The summed E-state index contributed by atoms with van der Waals surface area (Å²) in [7, 11) is 0. The quantitative estimate of drug-likeness (QED) is 0.766. The van der Waals surface area contributed by atoms with Crippen LogP contribution in [-0.4, -0.2) is 13.1 Å². The molecule has 0 radical (unpaired) electrons.